The predicted octanol–water partition coefficient (Wildman–Crippen LogP) is 5.91. The quantitative estimate of drug-likeness (QED) is 0.330. The molecule has 35 heavy (non-hydrogen) atoms. The second kappa shape index (κ2) is 10.3. The number of aromatic nitrogens is 3. The average molecular weight is 466 g/mol. The first kappa shape index (κ1) is 22.5. The van der Waals surface area contributed by atoms with Crippen LogP contribution >= 0.6 is 0 Å². The number of hydrogen-bond donors (Lipinski definition) is 3. The number of H-pyrrole nitrogens is 1. The molecule has 2 aromatic carbocycles. The van der Waals surface area contributed by atoms with Crippen LogP contribution in [0.15, 0.2) is 79.1 Å². The number of amides is 2. The molecule has 0 radical (unpaired) electrons. The van der Waals surface area contributed by atoms with Gasteiger partial charge in [0.15, 0.2) is 0 Å². The lowest BCUT2D eigenvalue weighted by Crippen LogP contribution is -2.24. The molecule has 1 aliphatic carbocycles. The zero-order valence-electron chi connectivity index (χ0n) is 19.3. The first-order valence-electron chi connectivity index (χ1n) is 11.9. The molecule has 1 saturated carbocycles. The maximum atomic E-state index is 12.5. The standard InChI is InChI=1S/C28H27N5O2/c34-27(21-6-2-1-3-7-21)31-23-15-13-20(14-16-23)26-30-18-24(32-26)19-9-11-22(12-10-19)28(35)33-25-8-4-5-17-29-25/h4-5,8-18,21H,1-3,6-7H2,(H,30,32)(H,31,34)(H,29,33,35). The zero-order chi connectivity index (χ0) is 24.0. The second-order valence-electron chi connectivity index (χ2n) is 8.79. The normalized spacial score (nSPS) is 13.8. The zero-order valence-corrected chi connectivity index (χ0v) is 19.3. The molecular formula is C28H27N5O2. The van der Waals surface area contributed by atoms with Crippen molar-refractivity contribution >= 4 is 23.3 Å². The molecule has 1 fully saturated rings. The van der Waals surface area contributed by atoms with Crippen molar-refractivity contribution < 1.29 is 9.59 Å². The number of carbonyl (C=O) groups is 2. The van der Waals surface area contributed by atoms with Crippen molar-refractivity contribution in [3.63, 3.8) is 0 Å². The summed E-state index contributed by atoms with van der Waals surface area (Å²) in [4.78, 5) is 36.9. The Hall–Kier alpha value is -4.26. The Labute approximate surface area is 204 Å². The molecule has 3 N–H and O–H groups in total. The molecule has 4 aromatic rings. The number of nitrogens with zero attached hydrogens (tertiary/aromatic N) is 2. The van der Waals surface area contributed by atoms with E-state index in [1.54, 1.807) is 36.7 Å². The monoisotopic (exact) mass is 465 g/mol. The van der Waals surface area contributed by atoms with Crippen molar-refractivity contribution in [3.8, 4) is 22.6 Å². The van der Waals surface area contributed by atoms with Gasteiger partial charge in [0, 0.05) is 28.9 Å². The smallest absolute Gasteiger partial charge is 0.256 e. The van der Waals surface area contributed by atoms with Crippen LogP contribution in [0.4, 0.5) is 11.5 Å². The summed E-state index contributed by atoms with van der Waals surface area (Å²) in [6, 6.07) is 20.4. The molecule has 0 spiro atoms. The lowest BCUT2D eigenvalue weighted by molar-refractivity contribution is -0.120. The number of hydrogen-bond acceptors (Lipinski definition) is 4. The predicted molar refractivity (Wildman–Crippen MR) is 137 cm³/mol. The molecule has 0 bridgehead atoms. The van der Waals surface area contributed by atoms with Crippen LogP contribution in [0.5, 0.6) is 0 Å². The number of aromatic amines is 1. The summed E-state index contributed by atoms with van der Waals surface area (Å²) in [5.74, 6) is 1.29. The van der Waals surface area contributed by atoms with Gasteiger partial charge in [0.1, 0.15) is 11.6 Å². The second-order valence-corrected chi connectivity index (χ2v) is 8.79. The fourth-order valence-electron chi connectivity index (χ4n) is 4.36. The Morgan fingerprint density at radius 1 is 0.800 bits per heavy atom. The van der Waals surface area contributed by atoms with Gasteiger partial charge in [-0.1, -0.05) is 37.5 Å². The van der Waals surface area contributed by atoms with E-state index in [0.29, 0.717) is 11.4 Å². The first-order valence-corrected chi connectivity index (χ1v) is 11.9. The fourth-order valence-corrected chi connectivity index (χ4v) is 4.36. The minimum atomic E-state index is -0.212. The van der Waals surface area contributed by atoms with E-state index >= 15 is 0 Å². The first-order chi connectivity index (χ1) is 17.2. The summed E-state index contributed by atoms with van der Waals surface area (Å²) < 4.78 is 0. The van der Waals surface area contributed by atoms with Gasteiger partial charge in [0.25, 0.3) is 5.91 Å². The Bertz CT molecular complexity index is 1290. The Morgan fingerprint density at radius 2 is 1.54 bits per heavy atom. The number of anilines is 2. The summed E-state index contributed by atoms with van der Waals surface area (Å²) in [7, 11) is 0. The van der Waals surface area contributed by atoms with Gasteiger partial charge in [-0.25, -0.2) is 9.97 Å². The fraction of sp³-hybridized carbons (Fsp3) is 0.214. The van der Waals surface area contributed by atoms with Gasteiger partial charge < -0.3 is 15.6 Å². The number of benzene rings is 2. The highest BCUT2D eigenvalue weighted by molar-refractivity contribution is 6.04. The lowest BCUT2D eigenvalue weighted by Gasteiger charge is -2.20. The van der Waals surface area contributed by atoms with E-state index in [-0.39, 0.29) is 17.7 Å². The molecule has 7 nitrogen and oxygen atoms in total. The van der Waals surface area contributed by atoms with Crippen LogP contribution < -0.4 is 10.6 Å². The molecule has 176 valence electrons. The number of imidazole rings is 1. The van der Waals surface area contributed by atoms with Crippen LogP contribution in [-0.2, 0) is 4.79 Å². The van der Waals surface area contributed by atoms with Crippen LogP contribution in [0.2, 0.25) is 0 Å². The van der Waals surface area contributed by atoms with E-state index in [2.05, 4.69) is 25.6 Å². The molecule has 1 aliphatic rings. The highest BCUT2D eigenvalue weighted by Gasteiger charge is 2.21. The van der Waals surface area contributed by atoms with Gasteiger partial charge in [-0.15, -0.1) is 0 Å². The molecule has 0 aliphatic heterocycles. The van der Waals surface area contributed by atoms with Gasteiger partial charge >= 0.3 is 0 Å². The van der Waals surface area contributed by atoms with E-state index < -0.39 is 0 Å². The van der Waals surface area contributed by atoms with Crippen LogP contribution in [0.3, 0.4) is 0 Å². The summed E-state index contributed by atoms with van der Waals surface area (Å²) in [6.07, 6.45) is 8.88. The van der Waals surface area contributed by atoms with Crippen molar-refractivity contribution in [1.82, 2.24) is 15.0 Å². The average Bonchev–Trinajstić information content (AvgIpc) is 3.41. The number of rotatable bonds is 6. The summed E-state index contributed by atoms with van der Waals surface area (Å²) in [5, 5.41) is 5.83. The summed E-state index contributed by atoms with van der Waals surface area (Å²) >= 11 is 0. The molecule has 0 saturated heterocycles. The van der Waals surface area contributed by atoms with Gasteiger partial charge in [-0.2, -0.15) is 0 Å². The van der Waals surface area contributed by atoms with E-state index in [9.17, 15) is 9.59 Å². The van der Waals surface area contributed by atoms with Gasteiger partial charge in [0.05, 0.1) is 11.9 Å². The van der Waals surface area contributed by atoms with Crippen LogP contribution in [0.1, 0.15) is 42.5 Å². The topological polar surface area (TPSA) is 99.8 Å². The van der Waals surface area contributed by atoms with Gasteiger partial charge in [-0.3, -0.25) is 9.59 Å². The van der Waals surface area contributed by atoms with Crippen molar-refractivity contribution in [2.45, 2.75) is 32.1 Å². The minimum Gasteiger partial charge on any atom is -0.338 e. The number of nitrogens with one attached hydrogen (secondary N) is 3. The third kappa shape index (κ3) is 5.46. The molecule has 2 amide bonds. The van der Waals surface area contributed by atoms with E-state index in [0.717, 1.165) is 54.0 Å². The molecule has 7 heteroatoms. The van der Waals surface area contributed by atoms with Crippen LogP contribution in [0.25, 0.3) is 22.6 Å². The van der Waals surface area contributed by atoms with E-state index in [1.807, 2.05) is 42.5 Å². The highest BCUT2D eigenvalue weighted by atomic mass is 16.2. The Morgan fingerprint density at radius 3 is 2.26 bits per heavy atom. The maximum absolute atomic E-state index is 12.5. The van der Waals surface area contributed by atoms with Crippen LogP contribution in [0, 0.1) is 5.92 Å². The van der Waals surface area contributed by atoms with Crippen molar-refractivity contribution in [2.24, 2.45) is 5.92 Å². The van der Waals surface area contributed by atoms with E-state index in [4.69, 9.17) is 0 Å². The summed E-state index contributed by atoms with van der Waals surface area (Å²) in [5.41, 5.74) is 4.06. The SMILES string of the molecule is O=C(Nc1ccccn1)c1ccc(-c2cnc(-c3ccc(NC(=O)C4CCCCC4)cc3)[nH]2)cc1. The number of carbonyl (C=O) groups excluding carboxylic acids is 2. The molecule has 2 heterocycles. The van der Waals surface area contributed by atoms with Crippen molar-refractivity contribution in [3.05, 3.63) is 84.7 Å². The minimum absolute atomic E-state index is 0.120. The van der Waals surface area contributed by atoms with Gasteiger partial charge in [-0.05, 0) is 66.9 Å². The summed E-state index contributed by atoms with van der Waals surface area (Å²) in [6.45, 7) is 0. The Balaban J connectivity index is 1.22. The molecule has 5 rings (SSSR count). The maximum Gasteiger partial charge on any atom is 0.256 e. The molecule has 0 atom stereocenters. The Kier molecular flexibility index (Phi) is 6.66. The molecule has 0 unspecified atom stereocenters. The third-order valence-corrected chi connectivity index (χ3v) is 6.34. The van der Waals surface area contributed by atoms with Crippen molar-refractivity contribution in [2.75, 3.05) is 10.6 Å². The molecule has 2 aromatic heterocycles. The van der Waals surface area contributed by atoms with Crippen LogP contribution in [-0.4, -0.2) is 26.8 Å². The largest absolute Gasteiger partial charge is 0.338 e. The van der Waals surface area contributed by atoms with E-state index in [1.165, 1.54) is 6.42 Å². The third-order valence-electron chi connectivity index (χ3n) is 6.34. The number of pyridine rings is 1. The molecular weight excluding hydrogens is 438 g/mol. The van der Waals surface area contributed by atoms with Gasteiger partial charge in [0.2, 0.25) is 5.91 Å². The van der Waals surface area contributed by atoms with Crippen molar-refractivity contribution in [1.29, 1.82) is 0 Å². The highest BCUT2D eigenvalue weighted by Crippen LogP contribution is 2.27. The lowest BCUT2D eigenvalue weighted by atomic mass is 9.88.